The molecule has 1 aromatic carbocycles. The standard InChI is InChI=1S/C14H20N2O5.ClH/c1-21-14(20)10(16-13(19)3-2-6-15)7-9-4-5-11(17)12(18)8-9;/h4-5,8,10,17-18H,2-3,6-7,15H2,1H3,(H,16,19);1H. The highest BCUT2D eigenvalue weighted by Crippen LogP contribution is 2.25. The van der Waals surface area contributed by atoms with Crippen LogP contribution < -0.4 is 11.1 Å². The molecule has 0 saturated carbocycles. The Morgan fingerprint density at radius 1 is 1.32 bits per heavy atom. The average Bonchev–Trinajstić information content (AvgIpc) is 2.47. The zero-order valence-corrected chi connectivity index (χ0v) is 13.1. The Labute approximate surface area is 134 Å². The third-order valence-corrected chi connectivity index (χ3v) is 2.91. The summed E-state index contributed by atoms with van der Waals surface area (Å²) in [6.45, 7) is 0.391. The Morgan fingerprint density at radius 2 is 2.00 bits per heavy atom. The summed E-state index contributed by atoms with van der Waals surface area (Å²) in [6, 6.07) is 3.34. The van der Waals surface area contributed by atoms with E-state index in [1.54, 1.807) is 6.07 Å². The number of methoxy groups -OCH3 is 1. The number of esters is 1. The monoisotopic (exact) mass is 332 g/mol. The molecule has 1 rings (SSSR count). The smallest absolute Gasteiger partial charge is 0.328 e. The number of carbonyl (C=O) groups is 2. The number of ether oxygens (including phenoxy) is 1. The van der Waals surface area contributed by atoms with Crippen molar-refractivity contribution in [3.8, 4) is 11.5 Å². The van der Waals surface area contributed by atoms with Gasteiger partial charge < -0.3 is 26.0 Å². The summed E-state index contributed by atoms with van der Waals surface area (Å²) in [7, 11) is 1.23. The number of rotatable bonds is 7. The van der Waals surface area contributed by atoms with Crippen LogP contribution in [0.2, 0.25) is 0 Å². The number of phenols is 2. The van der Waals surface area contributed by atoms with Gasteiger partial charge in [-0.3, -0.25) is 4.79 Å². The van der Waals surface area contributed by atoms with Crippen molar-refractivity contribution in [2.24, 2.45) is 5.73 Å². The van der Waals surface area contributed by atoms with E-state index in [1.807, 2.05) is 0 Å². The first-order valence-electron chi connectivity index (χ1n) is 6.56. The Bertz CT molecular complexity index is 510. The second kappa shape index (κ2) is 9.86. The van der Waals surface area contributed by atoms with E-state index in [0.717, 1.165) is 0 Å². The zero-order valence-electron chi connectivity index (χ0n) is 12.2. The summed E-state index contributed by atoms with van der Waals surface area (Å²) >= 11 is 0. The maximum atomic E-state index is 11.7. The van der Waals surface area contributed by atoms with Gasteiger partial charge in [0.15, 0.2) is 11.5 Å². The zero-order chi connectivity index (χ0) is 15.8. The van der Waals surface area contributed by atoms with Gasteiger partial charge in [-0.05, 0) is 30.7 Å². The van der Waals surface area contributed by atoms with Crippen LogP contribution in [0.15, 0.2) is 18.2 Å². The fourth-order valence-corrected chi connectivity index (χ4v) is 1.80. The van der Waals surface area contributed by atoms with Crippen molar-refractivity contribution in [1.29, 1.82) is 0 Å². The van der Waals surface area contributed by atoms with E-state index in [2.05, 4.69) is 10.1 Å². The average molecular weight is 333 g/mol. The molecule has 1 aromatic rings. The summed E-state index contributed by atoms with van der Waals surface area (Å²) < 4.78 is 4.65. The Hall–Kier alpha value is -1.99. The second-order valence-corrected chi connectivity index (χ2v) is 4.56. The minimum atomic E-state index is -0.857. The van der Waals surface area contributed by atoms with Gasteiger partial charge in [-0.2, -0.15) is 0 Å². The van der Waals surface area contributed by atoms with E-state index in [4.69, 9.17) is 5.73 Å². The van der Waals surface area contributed by atoms with Crippen molar-refractivity contribution >= 4 is 24.3 Å². The Balaban J connectivity index is 0.00000441. The van der Waals surface area contributed by atoms with Gasteiger partial charge in [0.2, 0.25) is 5.91 Å². The molecule has 1 unspecified atom stereocenters. The van der Waals surface area contributed by atoms with Crippen LogP contribution in [0.25, 0.3) is 0 Å². The van der Waals surface area contributed by atoms with Crippen LogP contribution in [-0.2, 0) is 20.7 Å². The number of hydrogen-bond acceptors (Lipinski definition) is 6. The summed E-state index contributed by atoms with van der Waals surface area (Å²) in [5, 5.41) is 21.3. The van der Waals surface area contributed by atoms with Crippen molar-refractivity contribution in [3.63, 3.8) is 0 Å². The predicted octanol–water partition coefficient (Wildman–Crippen LogP) is 0.459. The molecule has 0 saturated heterocycles. The molecule has 8 heteroatoms. The molecule has 1 amide bonds. The summed E-state index contributed by atoms with van der Waals surface area (Å²) in [6.07, 6.45) is 0.902. The first-order chi connectivity index (χ1) is 9.97. The highest BCUT2D eigenvalue weighted by Gasteiger charge is 2.22. The van der Waals surface area contributed by atoms with Crippen molar-refractivity contribution in [3.05, 3.63) is 23.8 Å². The van der Waals surface area contributed by atoms with E-state index < -0.39 is 12.0 Å². The number of hydrogen-bond donors (Lipinski definition) is 4. The van der Waals surface area contributed by atoms with Gasteiger partial charge in [0.1, 0.15) is 6.04 Å². The first kappa shape index (κ1) is 20.0. The summed E-state index contributed by atoms with van der Waals surface area (Å²) in [4.78, 5) is 23.4. The quantitative estimate of drug-likeness (QED) is 0.425. The molecule has 0 heterocycles. The largest absolute Gasteiger partial charge is 0.504 e. The number of nitrogens with two attached hydrogens (primary N) is 1. The molecule has 5 N–H and O–H groups in total. The molecule has 0 spiro atoms. The van der Waals surface area contributed by atoms with E-state index in [0.29, 0.717) is 18.5 Å². The molecule has 124 valence electrons. The molecule has 0 bridgehead atoms. The molecule has 0 aliphatic rings. The maximum absolute atomic E-state index is 11.7. The maximum Gasteiger partial charge on any atom is 0.328 e. The van der Waals surface area contributed by atoms with Crippen molar-refractivity contribution in [1.82, 2.24) is 5.32 Å². The van der Waals surface area contributed by atoms with E-state index in [1.165, 1.54) is 19.2 Å². The van der Waals surface area contributed by atoms with Crippen LogP contribution in [0, 0.1) is 0 Å². The predicted molar refractivity (Wildman–Crippen MR) is 83.0 cm³/mol. The van der Waals surface area contributed by atoms with Crippen molar-refractivity contribution in [2.45, 2.75) is 25.3 Å². The van der Waals surface area contributed by atoms with Crippen LogP contribution in [0.4, 0.5) is 0 Å². The number of phenolic OH excluding ortho intramolecular Hbond substituents is 2. The number of aromatic hydroxyl groups is 2. The lowest BCUT2D eigenvalue weighted by molar-refractivity contribution is -0.145. The number of carbonyl (C=O) groups excluding carboxylic acids is 2. The van der Waals surface area contributed by atoms with Gasteiger partial charge in [-0.25, -0.2) is 4.79 Å². The van der Waals surface area contributed by atoms with Crippen molar-refractivity contribution in [2.75, 3.05) is 13.7 Å². The molecule has 0 aliphatic carbocycles. The van der Waals surface area contributed by atoms with Crippen LogP contribution in [0.3, 0.4) is 0 Å². The number of benzene rings is 1. The summed E-state index contributed by atoms with van der Waals surface area (Å²) in [5.74, 6) is -1.41. The molecule has 0 aromatic heterocycles. The number of amides is 1. The lowest BCUT2D eigenvalue weighted by Gasteiger charge is -2.16. The van der Waals surface area contributed by atoms with Gasteiger partial charge in [0, 0.05) is 12.8 Å². The van der Waals surface area contributed by atoms with Crippen molar-refractivity contribution < 1.29 is 24.5 Å². The first-order valence-corrected chi connectivity index (χ1v) is 6.56. The molecule has 0 radical (unpaired) electrons. The third-order valence-electron chi connectivity index (χ3n) is 2.91. The molecular weight excluding hydrogens is 312 g/mol. The minimum Gasteiger partial charge on any atom is -0.504 e. The van der Waals surface area contributed by atoms with Gasteiger partial charge in [-0.15, -0.1) is 12.4 Å². The summed E-state index contributed by atoms with van der Waals surface area (Å²) in [5.41, 5.74) is 5.91. The molecule has 22 heavy (non-hydrogen) atoms. The second-order valence-electron chi connectivity index (χ2n) is 4.56. The highest BCUT2D eigenvalue weighted by molar-refractivity contribution is 5.85. The Morgan fingerprint density at radius 3 is 2.55 bits per heavy atom. The Kier molecular flexibility index (Phi) is 8.97. The van der Waals surface area contributed by atoms with Gasteiger partial charge in [0.25, 0.3) is 0 Å². The fraction of sp³-hybridized carbons (Fsp3) is 0.429. The molecule has 0 fully saturated rings. The SMILES string of the molecule is COC(=O)C(Cc1ccc(O)c(O)c1)NC(=O)CCCN.Cl. The van der Waals surface area contributed by atoms with Crippen LogP contribution in [0.1, 0.15) is 18.4 Å². The number of halogens is 1. The minimum absolute atomic E-state index is 0. The number of nitrogens with one attached hydrogen (secondary N) is 1. The van der Waals surface area contributed by atoms with Gasteiger partial charge >= 0.3 is 5.97 Å². The van der Waals surface area contributed by atoms with E-state index >= 15 is 0 Å². The molecule has 1 atom stereocenters. The lowest BCUT2D eigenvalue weighted by atomic mass is 10.0. The third kappa shape index (κ3) is 6.19. The van der Waals surface area contributed by atoms with Gasteiger partial charge in [-0.1, -0.05) is 6.07 Å². The van der Waals surface area contributed by atoms with Crippen LogP contribution >= 0.6 is 12.4 Å². The normalized spacial score (nSPS) is 11.2. The topological polar surface area (TPSA) is 122 Å². The molecule has 7 nitrogen and oxygen atoms in total. The van der Waals surface area contributed by atoms with E-state index in [9.17, 15) is 19.8 Å². The van der Waals surface area contributed by atoms with Gasteiger partial charge in [0.05, 0.1) is 7.11 Å². The van der Waals surface area contributed by atoms with Crippen LogP contribution in [0.5, 0.6) is 11.5 Å². The highest BCUT2D eigenvalue weighted by atomic mass is 35.5. The van der Waals surface area contributed by atoms with E-state index in [-0.39, 0.29) is 42.7 Å². The fourth-order valence-electron chi connectivity index (χ4n) is 1.80. The molecular formula is C14H21ClN2O5. The van der Waals surface area contributed by atoms with Crippen LogP contribution in [-0.4, -0.2) is 41.8 Å². The molecule has 0 aliphatic heterocycles. The lowest BCUT2D eigenvalue weighted by Crippen LogP contribution is -2.43.